The predicted molar refractivity (Wildman–Crippen MR) is 111 cm³/mol. The van der Waals surface area contributed by atoms with Crippen molar-refractivity contribution in [1.82, 2.24) is 9.55 Å². The number of nitro groups is 1. The van der Waals surface area contributed by atoms with Crippen LogP contribution >= 0.6 is 0 Å². The first-order chi connectivity index (χ1) is 14.8. The van der Waals surface area contributed by atoms with Crippen molar-refractivity contribution in [3.05, 3.63) is 52.3 Å². The average molecular weight is 454 g/mol. The molecule has 170 valence electrons. The van der Waals surface area contributed by atoms with Crippen molar-refractivity contribution in [3.63, 3.8) is 0 Å². The number of benzene rings is 1. The number of unbranched alkanes of at least 4 members (excludes halogenated alkanes) is 2. The number of imidazole rings is 1. The van der Waals surface area contributed by atoms with E-state index < -0.39 is 44.6 Å². The summed E-state index contributed by atoms with van der Waals surface area (Å²) >= 11 is 0. The quantitative estimate of drug-likeness (QED) is 0.330. The van der Waals surface area contributed by atoms with Crippen LogP contribution in [0.2, 0.25) is 0 Å². The largest absolute Gasteiger partial charge is 0.436 e. The van der Waals surface area contributed by atoms with Gasteiger partial charge in [0.15, 0.2) is 11.7 Å². The zero-order valence-corrected chi connectivity index (χ0v) is 18.3. The number of aliphatic hydroxyl groups is 1. The van der Waals surface area contributed by atoms with Crippen molar-refractivity contribution in [1.29, 1.82) is 0 Å². The van der Waals surface area contributed by atoms with Gasteiger partial charge in [-0.2, -0.15) is 0 Å². The first-order valence-electron chi connectivity index (χ1n) is 10.2. The molecule has 1 aromatic heterocycles. The summed E-state index contributed by atoms with van der Waals surface area (Å²) in [7, 11) is -4.15. The number of hydrogen-bond donors (Lipinski definition) is 1. The second kappa shape index (κ2) is 9.86. The topological polar surface area (TPSA) is 134 Å². The van der Waals surface area contributed by atoms with Crippen LogP contribution in [0.1, 0.15) is 44.4 Å². The lowest BCUT2D eigenvalue weighted by atomic mass is 10.2. The minimum Gasteiger partial charge on any atom is -0.390 e. The van der Waals surface area contributed by atoms with Crippen molar-refractivity contribution in [2.24, 2.45) is 0 Å². The lowest BCUT2D eigenvalue weighted by molar-refractivity contribution is -0.398. The second-order valence-electron chi connectivity index (χ2n) is 7.50. The van der Waals surface area contributed by atoms with E-state index in [2.05, 4.69) is 4.98 Å². The SMILES string of the molecule is CCCCCO[C@H]1C[C@@H](n2ccnc2[N+](=O)[O-])O[C@@H]1C(O)S(=O)(=O)c1ccccc1C. The van der Waals surface area contributed by atoms with Crippen LogP contribution in [0, 0.1) is 17.0 Å². The molecule has 2 heterocycles. The van der Waals surface area contributed by atoms with Crippen LogP contribution in [0.4, 0.5) is 5.95 Å². The monoisotopic (exact) mass is 453 g/mol. The van der Waals surface area contributed by atoms with E-state index in [1.807, 2.05) is 6.92 Å². The molecule has 1 saturated heterocycles. The van der Waals surface area contributed by atoms with Gasteiger partial charge < -0.3 is 24.7 Å². The molecule has 3 rings (SSSR count). The van der Waals surface area contributed by atoms with Gasteiger partial charge in [-0.25, -0.2) is 13.0 Å². The van der Waals surface area contributed by atoms with Gasteiger partial charge >= 0.3 is 5.95 Å². The number of nitrogens with zero attached hydrogens (tertiary/aromatic N) is 3. The summed E-state index contributed by atoms with van der Waals surface area (Å²) in [5, 5.41) is 22.1. The molecular weight excluding hydrogens is 426 g/mol. The Morgan fingerprint density at radius 3 is 2.81 bits per heavy atom. The third kappa shape index (κ3) is 4.95. The Labute approximate surface area is 180 Å². The van der Waals surface area contributed by atoms with Gasteiger partial charge in [-0.3, -0.25) is 0 Å². The molecular formula is C20H27N3O7S. The highest BCUT2D eigenvalue weighted by Crippen LogP contribution is 2.37. The van der Waals surface area contributed by atoms with E-state index in [9.17, 15) is 23.6 Å². The molecule has 0 aliphatic carbocycles. The van der Waals surface area contributed by atoms with E-state index in [1.165, 1.54) is 23.0 Å². The Bertz CT molecular complexity index is 1010. The van der Waals surface area contributed by atoms with E-state index in [0.29, 0.717) is 12.2 Å². The van der Waals surface area contributed by atoms with Crippen LogP contribution in [-0.2, 0) is 19.3 Å². The minimum absolute atomic E-state index is 0.00731. The molecule has 1 aliphatic rings. The molecule has 10 nitrogen and oxygen atoms in total. The fourth-order valence-corrected chi connectivity index (χ4v) is 5.33. The third-order valence-corrected chi connectivity index (χ3v) is 7.29. The zero-order valence-electron chi connectivity index (χ0n) is 17.5. The first-order valence-corrected chi connectivity index (χ1v) is 11.7. The molecule has 31 heavy (non-hydrogen) atoms. The molecule has 2 aromatic rings. The summed E-state index contributed by atoms with van der Waals surface area (Å²) in [6, 6.07) is 6.36. The summed E-state index contributed by atoms with van der Waals surface area (Å²) in [5.74, 6) is -0.424. The van der Waals surface area contributed by atoms with Crippen molar-refractivity contribution in [3.8, 4) is 0 Å². The smallest absolute Gasteiger partial charge is 0.390 e. The molecule has 1 fully saturated rings. The number of ether oxygens (including phenoxy) is 2. The molecule has 1 aromatic carbocycles. The molecule has 0 saturated carbocycles. The molecule has 1 unspecified atom stereocenters. The normalized spacial score (nSPS) is 22.5. The zero-order chi connectivity index (χ0) is 22.6. The third-order valence-electron chi connectivity index (χ3n) is 5.32. The first kappa shape index (κ1) is 23.3. The average Bonchev–Trinajstić information content (AvgIpc) is 3.38. The van der Waals surface area contributed by atoms with Gasteiger partial charge in [0.25, 0.3) is 0 Å². The maximum absolute atomic E-state index is 13.1. The van der Waals surface area contributed by atoms with Crippen LogP contribution in [0.25, 0.3) is 0 Å². The van der Waals surface area contributed by atoms with Gasteiger partial charge in [0.2, 0.25) is 9.84 Å². The Kier molecular flexibility index (Phi) is 7.42. The van der Waals surface area contributed by atoms with E-state index in [0.717, 1.165) is 19.3 Å². The Hall–Kier alpha value is -2.34. The number of aromatic nitrogens is 2. The molecule has 0 spiro atoms. The summed E-state index contributed by atoms with van der Waals surface area (Å²) in [6.45, 7) is 4.06. The number of aliphatic hydroxyl groups excluding tert-OH is 1. The van der Waals surface area contributed by atoms with E-state index >= 15 is 0 Å². The molecule has 1 N–H and O–H groups in total. The highest BCUT2D eigenvalue weighted by molar-refractivity contribution is 7.92. The fraction of sp³-hybridized carbons (Fsp3) is 0.550. The van der Waals surface area contributed by atoms with Gasteiger partial charge in [0, 0.05) is 13.0 Å². The fourth-order valence-electron chi connectivity index (χ4n) is 3.69. The van der Waals surface area contributed by atoms with Gasteiger partial charge in [-0.05, 0) is 29.9 Å². The van der Waals surface area contributed by atoms with Crippen molar-refractivity contribution in [2.45, 2.75) is 68.3 Å². The second-order valence-corrected chi connectivity index (χ2v) is 9.51. The lowest BCUT2D eigenvalue weighted by Gasteiger charge is -2.24. The van der Waals surface area contributed by atoms with Gasteiger partial charge in [-0.1, -0.05) is 42.9 Å². The van der Waals surface area contributed by atoms with Crippen LogP contribution in [0.3, 0.4) is 0 Å². The molecule has 4 atom stereocenters. The Morgan fingerprint density at radius 1 is 1.39 bits per heavy atom. The maximum atomic E-state index is 13.1. The van der Waals surface area contributed by atoms with Crippen LogP contribution in [0.5, 0.6) is 0 Å². The minimum atomic E-state index is -4.15. The summed E-state index contributed by atoms with van der Waals surface area (Å²) in [5.41, 5.74) is -1.39. The predicted octanol–water partition coefficient (Wildman–Crippen LogP) is 2.75. The molecule has 0 amide bonds. The van der Waals surface area contributed by atoms with Gasteiger partial charge in [0.05, 0.1) is 11.0 Å². The highest BCUT2D eigenvalue weighted by Gasteiger charge is 2.48. The highest BCUT2D eigenvalue weighted by atomic mass is 32.2. The molecule has 1 aliphatic heterocycles. The maximum Gasteiger partial charge on any atom is 0.436 e. The van der Waals surface area contributed by atoms with Crippen LogP contribution < -0.4 is 0 Å². The number of rotatable bonds is 10. The van der Waals surface area contributed by atoms with Crippen LogP contribution in [0.15, 0.2) is 41.6 Å². The van der Waals surface area contributed by atoms with Gasteiger partial charge in [-0.15, -0.1) is 0 Å². The van der Waals surface area contributed by atoms with Gasteiger partial charge in [0.1, 0.15) is 18.5 Å². The van der Waals surface area contributed by atoms with Crippen molar-refractivity contribution in [2.75, 3.05) is 6.61 Å². The molecule has 0 radical (unpaired) electrons. The summed E-state index contributed by atoms with van der Waals surface area (Å²) < 4.78 is 39.2. The number of aryl methyl sites for hydroxylation is 1. The summed E-state index contributed by atoms with van der Waals surface area (Å²) in [6.07, 6.45) is 2.67. The number of sulfone groups is 1. The molecule has 11 heteroatoms. The van der Waals surface area contributed by atoms with E-state index in [1.54, 1.807) is 25.1 Å². The van der Waals surface area contributed by atoms with Crippen molar-refractivity contribution >= 4 is 15.8 Å². The van der Waals surface area contributed by atoms with E-state index in [-0.39, 0.29) is 11.3 Å². The lowest BCUT2D eigenvalue weighted by Crippen LogP contribution is -2.41. The van der Waals surface area contributed by atoms with Crippen LogP contribution in [-0.4, -0.2) is 52.2 Å². The van der Waals surface area contributed by atoms with Crippen molar-refractivity contribution < 1.29 is 27.9 Å². The van der Waals surface area contributed by atoms with E-state index in [4.69, 9.17) is 9.47 Å². The molecule has 0 bridgehead atoms. The summed E-state index contributed by atoms with van der Waals surface area (Å²) in [4.78, 5) is 14.3. The standard InChI is InChI=1S/C20H27N3O7S/c1-3-4-7-12-29-15-13-17(22-11-10-21-20(22)23(25)26)30-18(15)19(24)31(27,28)16-9-6-5-8-14(16)2/h5-6,8-11,15,17-19,24H,3-4,7,12-13H2,1-2H3/t15-,17-,18-,19?/m0/s1. The Morgan fingerprint density at radius 2 is 2.13 bits per heavy atom. The number of hydrogen-bond acceptors (Lipinski definition) is 8. The Balaban J connectivity index is 1.88.